The molecule has 0 saturated carbocycles. The van der Waals surface area contributed by atoms with E-state index < -0.39 is 6.10 Å². The van der Waals surface area contributed by atoms with Gasteiger partial charge in [0.25, 0.3) is 0 Å². The molecule has 4 nitrogen and oxygen atoms in total. The Morgan fingerprint density at radius 1 is 1.33 bits per heavy atom. The first-order valence-corrected chi connectivity index (χ1v) is 6.18. The van der Waals surface area contributed by atoms with E-state index in [9.17, 15) is 5.11 Å². The predicted molar refractivity (Wildman–Crippen MR) is 69.4 cm³/mol. The third-order valence-corrected chi connectivity index (χ3v) is 2.80. The Kier molecular flexibility index (Phi) is 4.36. The lowest BCUT2D eigenvalue weighted by atomic mass is 10.1. The van der Waals surface area contributed by atoms with Crippen molar-refractivity contribution >= 4 is 0 Å². The van der Waals surface area contributed by atoms with Crippen LogP contribution in [0, 0.1) is 0 Å². The third-order valence-electron chi connectivity index (χ3n) is 2.80. The van der Waals surface area contributed by atoms with Gasteiger partial charge in [0, 0.05) is 18.0 Å². The van der Waals surface area contributed by atoms with Crippen LogP contribution < -0.4 is 4.74 Å². The first kappa shape index (κ1) is 12.6. The van der Waals surface area contributed by atoms with Crippen molar-refractivity contribution in [1.29, 1.82) is 0 Å². The van der Waals surface area contributed by atoms with Gasteiger partial charge in [-0.05, 0) is 18.6 Å². The first-order valence-electron chi connectivity index (χ1n) is 6.18. The summed E-state index contributed by atoms with van der Waals surface area (Å²) in [5.41, 5.74) is 0.848. The molecule has 4 heteroatoms. The Balaban J connectivity index is 1.96. The maximum atomic E-state index is 9.90. The third kappa shape index (κ3) is 3.11. The summed E-state index contributed by atoms with van der Waals surface area (Å²) < 4.78 is 7.53. The second-order valence-electron chi connectivity index (χ2n) is 4.08. The topological polar surface area (TPSA) is 47.3 Å². The van der Waals surface area contributed by atoms with Crippen LogP contribution in [0.1, 0.15) is 25.0 Å². The van der Waals surface area contributed by atoms with Gasteiger partial charge in [-0.25, -0.2) is 0 Å². The van der Waals surface area contributed by atoms with Crippen LogP contribution in [-0.2, 0) is 6.54 Å². The van der Waals surface area contributed by atoms with Crippen LogP contribution in [0.5, 0.6) is 5.75 Å². The minimum absolute atomic E-state index is 0.467. The normalized spacial score (nSPS) is 12.3. The molecule has 0 spiro atoms. The van der Waals surface area contributed by atoms with Crippen LogP contribution in [0.2, 0.25) is 0 Å². The lowest BCUT2D eigenvalue weighted by Gasteiger charge is -2.14. The number of aliphatic hydroxyl groups is 1. The fourth-order valence-corrected chi connectivity index (χ4v) is 1.79. The molecule has 2 aromatic rings. The number of aliphatic hydroxyl groups excluding tert-OH is 1. The van der Waals surface area contributed by atoms with Crippen LogP contribution in [0.15, 0.2) is 42.7 Å². The minimum Gasteiger partial charge on any atom is -0.491 e. The van der Waals surface area contributed by atoms with Gasteiger partial charge < -0.3 is 9.84 Å². The Hall–Kier alpha value is -1.81. The summed E-state index contributed by atoms with van der Waals surface area (Å²) in [6, 6.07) is 9.49. The lowest BCUT2D eigenvalue weighted by molar-refractivity contribution is 0.166. The summed E-state index contributed by atoms with van der Waals surface area (Å²) in [6.45, 7) is 3.18. The van der Waals surface area contributed by atoms with Crippen molar-refractivity contribution in [1.82, 2.24) is 9.78 Å². The fourth-order valence-electron chi connectivity index (χ4n) is 1.79. The summed E-state index contributed by atoms with van der Waals surface area (Å²) in [5, 5.41) is 14.0. The standard InChI is InChI=1S/C14H18N2O2/c1-2-13(17)12-6-3-4-7-14(12)18-11-10-16-9-5-8-15-16/h3-9,13,17H,2,10-11H2,1H3/t13-/m1/s1. The summed E-state index contributed by atoms with van der Waals surface area (Å²) in [5.74, 6) is 0.749. The van der Waals surface area contributed by atoms with E-state index in [2.05, 4.69) is 5.10 Å². The zero-order chi connectivity index (χ0) is 12.8. The van der Waals surface area contributed by atoms with Crippen molar-refractivity contribution in [3.8, 4) is 5.75 Å². The average Bonchev–Trinajstić information content (AvgIpc) is 2.92. The van der Waals surface area contributed by atoms with E-state index in [1.807, 2.05) is 48.1 Å². The Bertz CT molecular complexity index is 468. The highest BCUT2D eigenvalue weighted by atomic mass is 16.5. The summed E-state index contributed by atoms with van der Waals surface area (Å²) >= 11 is 0. The van der Waals surface area contributed by atoms with Crippen LogP contribution in [-0.4, -0.2) is 21.5 Å². The molecule has 1 aromatic carbocycles. The maximum absolute atomic E-state index is 9.90. The van der Waals surface area contributed by atoms with E-state index in [0.717, 1.165) is 11.3 Å². The molecule has 0 fully saturated rings. The molecule has 1 N–H and O–H groups in total. The second kappa shape index (κ2) is 6.21. The lowest BCUT2D eigenvalue weighted by Crippen LogP contribution is -2.10. The first-order chi connectivity index (χ1) is 8.81. The number of ether oxygens (including phenoxy) is 1. The number of benzene rings is 1. The van der Waals surface area contributed by atoms with Gasteiger partial charge in [0.2, 0.25) is 0 Å². The number of rotatable bonds is 6. The molecule has 0 unspecified atom stereocenters. The van der Waals surface area contributed by atoms with Gasteiger partial charge in [-0.15, -0.1) is 0 Å². The van der Waals surface area contributed by atoms with Crippen LogP contribution >= 0.6 is 0 Å². The van der Waals surface area contributed by atoms with Crippen molar-refractivity contribution in [3.63, 3.8) is 0 Å². The molecule has 18 heavy (non-hydrogen) atoms. The zero-order valence-corrected chi connectivity index (χ0v) is 10.5. The molecule has 0 amide bonds. The van der Waals surface area contributed by atoms with E-state index in [1.165, 1.54) is 0 Å². The predicted octanol–water partition coefficient (Wildman–Crippen LogP) is 2.41. The van der Waals surface area contributed by atoms with Crippen molar-refractivity contribution in [2.24, 2.45) is 0 Å². The van der Waals surface area contributed by atoms with Gasteiger partial charge in [0.15, 0.2) is 0 Å². The van der Waals surface area contributed by atoms with Gasteiger partial charge in [-0.2, -0.15) is 5.10 Å². The molecule has 2 rings (SSSR count). The van der Waals surface area contributed by atoms with E-state index in [4.69, 9.17) is 4.74 Å². The van der Waals surface area contributed by atoms with E-state index in [1.54, 1.807) is 6.20 Å². The van der Waals surface area contributed by atoms with Crippen LogP contribution in [0.4, 0.5) is 0 Å². The molecule has 1 atom stereocenters. The second-order valence-corrected chi connectivity index (χ2v) is 4.08. The van der Waals surface area contributed by atoms with Gasteiger partial charge in [0.1, 0.15) is 12.4 Å². The summed E-state index contributed by atoms with van der Waals surface area (Å²) in [7, 11) is 0. The monoisotopic (exact) mass is 246 g/mol. The Morgan fingerprint density at radius 3 is 2.89 bits per heavy atom. The molecular formula is C14H18N2O2. The zero-order valence-electron chi connectivity index (χ0n) is 10.5. The molecule has 0 aliphatic rings. The maximum Gasteiger partial charge on any atom is 0.125 e. The fraction of sp³-hybridized carbons (Fsp3) is 0.357. The van der Waals surface area contributed by atoms with E-state index in [0.29, 0.717) is 19.6 Å². The van der Waals surface area contributed by atoms with Gasteiger partial charge in [-0.3, -0.25) is 4.68 Å². The minimum atomic E-state index is -0.467. The summed E-state index contributed by atoms with van der Waals surface area (Å²) in [4.78, 5) is 0. The molecule has 0 saturated heterocycles. The Morgan fingerprint density at radius 2 is 2.17 bits per heavy atom. The molecule has 0 aliphatic heterocycles. The number of hydrogen-bond donors (Lipinski definition) is 1. The number of para-hydroxylation sites is 1. The molecular weight excluding hydrogens is 228 g/mol. The molecule has 1 heterocycles. The molecule has 0 aliphatic carbocycles. The van der Waals surface area contributed by atoms with E-state index in [-0.39, 0.29) is 0 Å². The average molecular weight is 246 g/mol. The Labute approximate surface area is 107 Å². The molecule has 96 valence electrons. The highest BCUT2D eigenvalue weighted by Gasteiger charge is 2.10. The van der Waals surface area contributed by atoms with Gasteiger partial charge in [-0.1, -0.05) is 25.1 Å². The van der Waals surface area contributed by atoms with Gasteiger partial charge in [0.05, 0.1) is 12.6 Å². The van der Waals surface area contributed by atoms with Crippen molar-refractivity contribution < 1.29 is 9.84 Å². The van der Waals surface area contributed by atoms with Crippen molar-refractivity contribution in [3.05, 3.63) is 48.3 Å². The highest BCUT2D eigenvalue weighted by molar-refractivity contribution is 5.34. The van der Waals surface area contributed by atoms with Crippen LogP contribution in [0.25, 0.3) is 0 Å². The molecule has 0 radical (unpaired) electrons. The molecule has 1 aromatic heterocycles. The van der Waals surface area contributed by atoms with Crippen molar-refractivity contribution in [2.75, 3.05) is 6.61 Å². The SMILES string of the molecule is CC[C@@H](O)c1ccccc1OCCn1cccn1. The number of aromatic nitrogens is 2. The highest BCUT2D eigenvalue weighted by Crippen LogP contribution is 2.26. The van der Waals surface area contributed by atoms with Crippen LogP contribution in [0.3, 0.4) is 0 Å². The van der Waals surface area contributed by atoms with Crippen molar-refractivity contribution in [2.45, 2.75) is 26.0 Å². The quantitative estimate of drug-likeness (QED) is 0.851. The number of nitrogens with zero attached hydrogens (tertiary/aromatic N) is 2. The van der Waals surface area contributed by atoms with E-state index >= 15 is 0 Å². The molecule has 0 bridgehead atoms. The largest absolute Gasteiger partial charge is 0.491 e. The number of hydrogen-bond acceptors (Lipinski definition) is 3. The summed E-state index contributed by atoms with van der Waals surface area (Å²) in [6.07, 6.45) is 3.86. The van der Waals surface area contributed by atoms with Gasteiger partial charge >= 0.3 is 0 Å². The smallest absolute Gasteiger partial charge is 0.125 e.